The lowest BCUT2D eigenvalue weighted by molar-refractivity contribution is -0.113. The lowest BCUT2D eigenvalue weighted by atomic mass is 9.94. The van der Waals surface area contributed by atoms with Crippen molar-refractivity contribution in [1.82, 2.24) is 4.90 Å². The average molecular weight is 377 g/mol. The quantitative estimate of drug-likeness (QED) is 0.750. The van der Waals surface area contributed by atoms with Crippen LogP contribution in [0.5, 0.6) is 23.0 Å². The van der Waals surface area contributed by atoms with Gasteiger partial charge < -0.3 is 18.9 Å². The van der Waals surface area contributed by atoms with Crippen molar-refractivity contribution in [2.45, 2.75) is 0 Å². The number of carbonyl (C=O) groups excluding carboxylic acids is 1. The van der Waals surface area contributed by atoms with Crippen molar-refractivity contribution in [1.29, 1.82) is 0 Å². The van der Waals surface area contributed by atoms with Crippen LogP contribution >= 0.6 is 0 Å². The first-order valence-electron chi connectivity index (χ1n) is 9.09. The van der Waals surface area contributed by atoms with Crippen LogP contribution in [0.15, 0.2) is 47.5 Å². The molecular formula is C22H19NO5. The van der Waals surface area contributed by atoms with Gasteiger partial charge in [0.2, 0.25) is 13.6 Å². The Morgan fingerprint density at radius 2 is 1.21 bits per heavy atom. The third kappa shape index (κ3) is 3.12. The number of likely N-dealkylation sites (tertiary alicyclic amines) is 1. The highest BCUT2D eigenvalue weighted by Gasteiger charge is 2.24. The predicted octanol–water partition coefficient (Wildman–Crippen LogP) is 3.13. The Hall–Kier alpha value is -3.25. The minimum absolute atomic E-state index is 0.0634. The number of ketones is 1. The zero-order valence-electron chi connectivity index (χ0n) is 15.4. The number of likely N-dealkylation sites (N-methyl/N-ethyl adjacent to an activating group) is 1. The molecule has 142 valence electrons. The van der Waals surface area contributed by atoms with E-state index in [1.54, 1.807) is 0 Å². The summed E-state index contributed by atoms with van der Waals surface area (Å²) >= 11 is 0. The van der Waals surface area contributed by atoms with Crippen molar-refractivity contribution in [3.05, 3.63) is 58.7 Å². The van der Waals surface area contributed by atoms with E-state index in [2.05, 4.69) is 4.90 Å². The summed E-state index contributed by atoms with van der Waals surface area (Å²) in [5.41, 5.74) is 3.34. The van der Waals surface area contributed by atoms with Crippen LogP contribution in [0.25, 0.3) is 12.2 Å². The van der Waals surface area contributed by atoms with Gasteiger partial charge in [-0.05, 0) is 54.6 Å². The predicted molar refractivity (Wildman–Crippen MR) is 104 cm³/mol. The van der Waals surface area contributed by atoms with Crippen LogP contribution in [0.2, 0.25) is 0 Å². The summed E-state index contributed by atoms with van der Waals surface area (Å²) in [5, 5.41) is 0. The topological polar surface area (TPSA) is 57.2 Å². The van der Waals surface area contributed by atoms with E-state index in [1.165, 1.54) is 0 Å². The van der Waals surface area contributed by atoms with E-state index in [4.69, 9.17) is 18.9 Å². The summed E-state index contributed by atoms with van der Waals surface area (Å²) in [5.74, 6) is 2.95. The Balaban J connectivity index is 1.45. The standard InChI is InChI=1S/C22H19NO5/c1-23-10-16(6-14-2-4-18-20(8-14)27-12-25-18)22(24)17(11-23)7-15-3-5-19-21(9-15)28-13-26-19/h2-9H,10-13H2,1H3/b16-6+,17-7?. The molecule has 2 aromatic rings. The Labute approximate surface area is 162 Å². The van der Waals surface area contributed by atoms with Crippen molar-refractivity contribution < 1.29 is 23.7 Å². The molecule has 6 heteroatoms. The minimum atomic E-state index is 0.0634. The SMILES string of the molecule is CN1CC(=Cc2ccc3c(c2)OCO3)C(=O)/C(=C/c2ccc3c(c2)OCO3)C1. The first-order valence-corrected chi connectivity index (χ1v) is 9.09. The van der Waals surface area contributed by atoms with Crippen molar-refractivity contribution in [2.24, 2.45) is 0 Å². The summed E-state index contributed by atoms with van der Waals surface area (Å²) in [6, 6.07) is 11.4. The minimum Gasteiger partial charge on any atom is -0.454 e. The number of hydrogen-bond acceptors (Lipinski definition) is 6. The summed E-state index contributed by atoms with van der Waals surface area (Å²) in [7, 11) is 2.01. The number of hydrogen-bond donors (Lipinski definition) is 0. The zero-order chi connectivity index (χ0) is 19.1. The molecule has 0 spiro atoms. The smallest absolute Gasteiger partial charge is 0.231 e. The highest BCUT2D eigenvalue weighted by molar-refractivity contribution is 6.14. The molecule has 0 aliphatic carbocycles. The molecule has 0 atom stereocenters. The molecule has 3 aliphatic rings. The number of rotatable bonds is 2. The van der Waals surface area contributed by atoms with E-state index in [9.17, 15) is 4.79 Å². The fourth-order valence-electron chi connectivity index (χ4n) is 3.62. The van der Waals surface area contributed by atoms with Crippen molar-refractivity contribution in [3.8, 4) is 23.0 Å². The summed E-state index contributed by atoms with van der Waals surface area (Å²) < 4.78 is 21.6. The highest BCUT2D eigenvalue weighted by Crippen LogP contribution is 2.35. The molecule has 0 N–H and O–H groups in total. The zero-order valence-corrected chi connectivity index (χ0v) is 15.4. The molecule has 5 rings (SSSR count). The summed E-state index contributed by atoms with van der Waals surface area (Å²) in [6.45, 7) is 1.68. The van der Waals surface area contributed by atoms with Gasteiger partial charge in [0, 0.05) is 24.2 Å². The lowest BCUT2D eigenvalue weighted by Crippen LogP contribution is -2.34. The van der Waals surface area contributed by atoms with Gasteiger partial charge in [0.25, 0.3) is 0 Å². The molecule has 0 amide bonds. The van der Waals surface area contributed by atoms with Gasteiger partial charge >= 0.3 is 0 Å². The van der Waals surface area contributed by atoms with Crippen LogP contribution in [-0.4, -0.2) is 44.4 Å². The average Bonchev–Trinajstić information content (AvgIpc) is 3.33. The molecule has 0 aromatic heterocycles. The van der Waals surface area contributed by atoms with Crippen molar-refractivity contribution >= 4 is 17.9 Å². The van der Waals surface area contributed by atoms with Crippen LogP contribution in [0, 0.1) is 0 Å². The molecule has 28 heavy (non-hydrogen) atoms. The Kier molecular flexibility index (Phi) is 4.06. The maximum atomic E-state index is 13.1. The van der Waals surface area contributed by atoms with Gasteiger partial charge in [-0.3, -0.25) is 9.69 Å². The third-order valence-corrected chi connectivity index (χ3v) is 4.94. The maximum absolute atomic E-state index is 13.1. The molecule has 1 saturated heterocycles. The van der Waals surface area contributed by atoms with Crippen LogP contribution in [0.1, 0.15) is 11.1 Å². The van der Waals surface area contributed by atoms with E-state index in [1.807, 2.05) is 55.6 Å². The van der Waals surface area contributed by atoms with Gasteiger partial charge in [0.05, 0.1) is 0 Å². The molecule has 3 aliphatic heterocycles. The molecule has 2 aromatic carbocycles. The van der Waals surface area contributed by atoms with E-state index >= 15 is 0 Å². The number of Topliss-reactive ketones (excluding diaryl/α,β-unsaturated/α-hetero) is 1. The third-order valence-electron chi connectivity index (χ3n) is 4.94. The second-order valence-electron chi connectivity index (χ2n) is 7.07. The van der Waals surface area contributed by atoms with Gasteiger partial charge in [-0.2, -0.15) is 0 Å². The summed E-state index contributed by atoms with van der Waals surface area (Å²) in [4.78, 5) is 15.2. The van der Waals surface area contributed by atoms with E-state index < -0.39 is 0 Å². The Morgan fingerprint density at radius 3 is 1.71 bits per heavy atom. The van der Waals surface area contributed by atoms with Crippen LogP contribution in [0.3, 0.4) is 0 Å². The Morgan fingerprint density at radius 1 is 0.750 bits per heavy atom. The fraction of sp³-hybridized carbons (Fsp3) is 0.227. The normalized spacial score (nSPS) is 21.0. The second-order valence-corrected chi connectivity index (χ2v) is 7.07. The van der Waals surface area contributed by atoms with Crippen LogP contribution in [0.4, 0.5) is 0 Å². The molecule has 3 heterocycles. The van der Waals surface area contributed by atoms with Gasteiger partial charge in [-0.15, -0.1) is 0 Å². The molecule has 1 fully saturated rings. The molecule has 0 radical (unpaired) electrons. The van der Waals surface area contributed by atoms with E-state index in [-0.39, 0.29) is 19.4 Å². The van der Waals surface area contributed by atoms with Gasteiger partial charge in [-0.1, -0.05) is 12.1 Å². The molecule has 0 unspecified atom stereocenters. The number of piperidine rings is 1. The summed E-state index contributed by atoms with van der Waals surface area (Å²) in [6.07, 6.45) is 3.85. The highest BCUT2D eigenvalue weighted by atomic mass is 16.7. The molecular weight excluding hydrogens is 358 g/mol. The fourth-order valence-corrected chi connectivity index (χ4v) is 3.62. The van der Waals surface area contributed by atoms with Gasteiger partial charge in [-0.25, -0.2) is 0 Å². The molecule has 6 nitrogen and oxygen atoms in total. The van der Waals surface area contributed by atoms with E-state index in [0.29, 0.717) is 24.6 Å². The number of carbonyl (C=O) groups is 1. The van der Waals surface area contributed by atoms with Crippen molar-refractivity contribution in [3.63, 3.8) is 0 Å². The first-order chi connectivity index (χ1) is 13.7. The Bertz CT molecular complexity index is 944. The number of nitrogens with zero attached hydrogens (tertiary/aromatic N) is 1. The monoisotopic (exact) mass is 377 g/mol. The molecule has 0 bridgehead atoms. The van der Waals surface area contributed by atoms with Crippen molar-refractivity contribution in [2.75, 3.05) is 33.7 Å². The van der Waals surface area contributed by atoms with E-state index in [0.717, 1.165) is 33.8 Å². The number of benzene rings is 2. The second kappa shape index (κ2) is 6.73. The first kappa shape index (κ1) is 16.9. The number of fused-ring (bicyclic) bond motifs is 2. The largest absolute Gasteiger partial charge is 0.454 e. The maximum Gasteiger partial charge on any atom is 0.231 e. The van der Waals surface area contributed by atoms with Gasteiger partial charge in [0.15, 0.2) is 28.8 Å². The van der Waals surface area contributed by atoms with Gasteiger partial charge in [0.1, 0.15) is 0 Å². The van der Waals surface area contributed by atoms with Crippen LogP contribution < -0.4 is 18.9 Å². The number of ether oxygens (including phenoxy) is 4. The lowest BCUT2D eigenvalue weighted by Gasteiger charge is -2.26. The van der Waals surface area contributed by atoms with Crippen LogP contribution in [-0.2, 0) is 4.79 Å². The molecule has 0 saturated carbocycles.